The summed E-state index contributed by atoms with van der Waals surface area (Å²) in [5, 5.41) is 0. The largest absolute Gasteiger partial charge is 0.376 e. The smallest absolute Gasteiger partial charge is 0.230 e. The molecule has 1 aromatic rings. The van der Waals surface area contributed by atoms with E-state index in [0.29, 0.717) is 32.9 Å². The lowest BCUT2D eigenvalue weighted by atomic mass is 9.77. The van der Waals surface area contributed by atoms with Gasteiger partial charge in [-0.25, -0.2) is 4.39 Å². The van der Waals surface area contributed by atoms with Crippen molar-refractivity contribution < 1.29 is 18.7 Å². The fraction of sp³-hybridized carbons (Fsp3) is 0.650. The van der Waals surface area contributed by atoms with Crippen LogP contribution in [-0.2, 0) is 20.7 Å². The molecule has 1 amide bonds. The molecule has 142 valence electrons. The first-order valence-electron chi connectivity index (χ1n) is 9.62. The Bertz CT molecular complexity index is 665. The topological polar surface area (TPSA) is 64.8 Å². The SMILES string of the molecule is NCC1Cc2cc(F)ccc2N(C(=O)C2CCC3(CC2)COCCO3)C1. The van der Waals surface area contributed by atoms with Crippen LogP contribution < -0.4 is 10.6 Å². The second-order valence-electron chi connectivity index (χ2n) is 7.89. The first-order valence-corrected chi connectivity index (χ1v) is 9.62. The summed E-state index contributed by atoms with van der Waals surface area (Å²) in [6.45, 7) is 3.05. The molecule has 2 heterocycles. The minimum absolute atomic E-state index is 0.0134. The molecule has 1 unspecified atom stereocenters. The van der Waals surface area contributed by atoms with E-state index in [0.717, 1.165) is 43.4 Å². The number of hydrogen-bond donors (Lipinski definition) is 1. The fourth-order valence-electron chi connectivity index (χ4n) is 4.60. The minimum atomic E-state index is -0.261. The highest BCUT2D eigenvalue weighted by Gasteiger charge is 2.42. The maximum atomic E-state index is 13.7. The van der Waals surface area contributed by atoms with Gasteiger partial charge in [0.1, 0.15) is 5.82 Å². The molecule has 2 N–H and O–H groups in total. The van der Waals surface area contributed by atoms with Gasteiger partial charge in [-0.2, -0.15) is 0 Å². The number of carbonyl (C=O) groups is 1. The normalized spacial score (nSPS) is 31.7. The van der Waals surface area contributed by atoms with E-state index in [2.05, 4.69) is 0 Å². The van der Waals surface area contributed by atoms with Gasteiger partial charge in [-0.3, -0.25) is 4.79 Å². The van der Waals surface area contributed by atoms with Crippen molar-refractivity contribution in [3.05, 3.63) is 29.6 Å². The van der Waals surface area contributed by atoms with Crippen LogP contribution in [0.3, 0.4) is 0 Å². The Morgan fingerprint density at radius 1 is 1.31 bits per heavy atom. The number of carbonyl (C=O) groups excluding carboxylic acids is 1. The third-order valence-corrected chi connectivity index (χ3v) is 6.13. The Morgan fingerprint density at radius 3 is 2.81 bits per heavy atom. The van der Waals surface area contributed by atoms with Gasteiger partial charge in [-0.05, 0) is 68.3 Å². The number of nitrogens with two attached hydrogens (primary N) is 1. The lowest BCUT2D eigenvalue weighted by Gasteiger charge is -2.43. The van der Waals surface area contributed by atoms with Crippen molar-refractivity contribution in [2.75, 3.05) is 37.8 Å². The summed E-state index contributed by atoms with van der Waals surface area (Å²) in [6, 6.07) is 4.71. The van der Waals surface area contributed by atoms with E-state index in [1.165, 1.54) is 6.07 Å². The standard InChI is InChI=1S/C20H27FN2O3/c21-17-1-2-18-16(10-17)9-14(11-22)12-23(18)19(24)15-3-5-20(6-4-15)13-25-7-8-26-20/h1-2,10,14-15H,3-9,11-13,22H2. The Balaban J connectivity index is 1.49. The molecule has 3 aliphatic rings. The molecule has 5 nitrogen and oxygen atoms in total. The zero-order valence-electron chi connectivity index (χ0n) is 15.1. The number of nitrogens with zero attached hydrogens (tertiary/aromatic N) is 1. The van der Waals surface area contributed by atoms with Crippen LogP contribution >= 0.6 is 0 Å². The number of ether oxygens (including phenoxy) is 2. The molecule has 26 heavy (non-hydrogen) atoms. The van der Waals surface area contributed by atoms with E-state index in [1.54, 1.807) is 12.1 Å². The highest BCUT2D eigenvalue weighted by Crippen LogP contribution is 2.39. The zero-order valence-corrected chi connectivity index (χ0v) is 15.1. The van der Waals surface area contributed by atoms with Gasteiger partial charge in [0.05, 0.1) is 25.4 Å². The first-order chi connectivity index (χ1) is 12.6. The molecule has 1 atom stereocenters. The van der Waals surface area contributed by atoms with Gasteiger partial charge in [-0.1, -0.05) is 0 Å². The summed E-state index contributed by atoms with van der Waals surface area (Å²) < 4.78 is 25.2. The van der Waals surface area contributed by atoms with Gasteiger partial charge >= 0.3 is 0 Å². The molecular weight excluding hydrogens is 335 g/mol. The van der Waals surface area contributed by atoms with Crippen LogP contribution in [0.4, 0.5) is 10.1 Å². The van der Waals surface area contributed by atoms with Crippen LogP contribution in [0, 0.1) is 17.7 Å². The van der Waals surface area contributed by atoms with Gasteiger partial charge in [0.2, 0.25) is 5.91 Å². The van der Waals surface area contributed by atoms with E-state index in [-0.39, 0.29) is 29.2 Å². The van der Waals surface area contributed by atoms with E-state index in [9.17, 15) is 9.18 Å². The molecule has 0 radical (unpaired) electrons. The van der Waals surface area contributed by atoms with Gasteiger partial charge in [-0.15, -0.1) is 0 Å². The number of rotatable bonds is 2. The van der Waals surface area contributed by atoms with Crippen LogP contribution in [0.5, 0.6) is 0 Å². The predicted molar refractivity (Wildman–Crippen MR) is 96.5 cm³/mol. The second kappa shape index (κ2) is 7.25. The van der Waals surface area contributed by atoms with Crippen molar-refractivity contribution in [2.45, 2.75) is 37.7 Å². The minimum Gasteiger partial charge on any atom is -0.376 e. The number of amides is 1. The average molecular weight is 362 g/mol. The van der Waals surface area contributed by atoms with Crippen LogP contribution in [-0.4, -0.2) is 44.4 Å². The third kappa shape index (κ3) is 3.38. The van der Waals surface area contributed by atoms with Crippen LogP contribution in [0.25, 0.3) is 0 Å². The summed E-state index contributed by atoms with van der Waals surface area (Å²) in [4.78, 5) is 15.1. The van der Waals surface area contributed by atoms with E-state index in [4.69, 9.17) is 15.2 Å². The average Bonchev–Trinajstić information content (AvgIpc) is 2.67. The molecule has 6 heteroatoms. The molecule has 2 fully saturated rings. The van der Waals surface area contributed by atoms with Crippen molar-refractivity contribution in [2.24, 2.45) is 17.6 Å². The number of hydrogen-bond acceptors (Lipinski definition) is 4. The van der Waals surface area contributed by atoms with Gasteiger partial charge in [0.25, 0.3) is 0 Å². The summed E-state index contributed by atoms with van der Waals surface area (Å²) in [5.41, 5.74) is 7.41. The maximum Gasteiger partial charge on any atom is 0.230 e. The number of anilines is 1. The molecule has 4 rings (SSSR count). The van der Waals surface area contributed by atoms with Gasteiger partial charge in [0.15, 0.2) is 0 Å². The summed E-state index contributed by atoms with van der Waals surface area (Å²) >= 11 is 0. The quantitative estimate of drug-likeness (QED) is 0.877. The van der Waals surface area contributed by atoms with Crippen molar-refractivity contribution >= 4 is 11.6 Å². The fourth-order valence-corrected chi connectivity index (χ4v) is 4.60. The third-order valence-electron chi connectivity index (χ3n) is 6.13. The number of fused-ring (bicyclic) bond motifs is 1. The van der Waals surface area contributed by atoms with Gasteiger partial charge in [0, 0.05) is 18.2 Å². The highest BCUT2D eigenvalue weighted by molar-refractivity contribution is 5.96. The van der Waals surface area contributed by atoms with Crippen LogP contribution in [0.1, 0.15) is 31.2 Å². The molecule has 1 aromatic carbocycles. The molecule has 1 saturated heterocycles. The Labute approximate surface area is 153 Å². The molecule has 1 aliphatic carbocycles. The predicted octanol–water partition coefficient (Wildman–Crippen LogP) is 2.27. The molecule has 1 saturated carbocycles. The van der Waals surface area contributed by atoms with Crippen LogP contribution in [0.15, 0.2) is 18.2 Å². The molecule has 2 aliphatic heterocycles. The lowest BCUT2D eigenvalue weighted by molar-refractivity contribution is -0.175. The van der Waals surface area contributed by atoms with Gasteiger partial charge < -0.3 is 20.1 Å². The maximum absolute atomic E-state index is 13.7. The molecule has 0 aromatic heterocycles. The van der Waals surface area contributed by atoms with E-state index in [1.807, 2.05) is 4.90 Å². The van der Waals surface area contributed by atoms with E-state index < -0.39 is 0 Å². The number of benzene rings is 1. The molecular formula is C20H27FN2O3. The summed E-state index contributed by atoms with van der Waals surface area (Å²) in [6.07, 6.45) is 4.05. The Morgan fingerprint density at radius 2 is 2.12 bits per heavy atom. The summed E-state index contributed by atoms with van der Waals surface area (Å²) in [5.74, 6) is 0.0456. The first kappa shape index (κ1) is 17.9. The van der Waals surface area contributed by atoms with Crippen molar-refractivity contribution in [1.82, 2.24) is 0 Å². The Hall–Kier alpha value is -1.50. The second-order valence-corrected chi connectivity index (χ2v) is 7.89. The van der Waals surface area contributed by atoms with Crippen molar-refractivity contribution in [3.63, 3.8) is 0 Å². The van der Waals surface area contributed by atoms with Crippen molar-refractivity contribution in [3.8, 4) is 0 Å². The number of halogens is 1. The highest BCUT2D eigenvalue weighted by atomic mass is 19.1. The van der Waals surface area contributed by atoms with Crippen molar-refractivity contribution in [1.29, 1.82) is 0 Å². The monoisotopic (exact) mass is 362 g/mol. The molecule has 1 spiro atoms. The molecule has 0 bridgehead atoms. The Kier molecular flexibility index (Phi) is 4.99. The van der Waals surface area contributed by atoms with Crippen LogP contribution in [0.2, 0.25) is 0 Å². The lowest BCUT2D eigenvalue weighted by Crippen LogP contribution is -2.50. The zero-order chi connectivity index (χ0) is 18.1. The summed E-state index contributed by atoms with van der Waals surface area (Å²) in [7, 11) is 0. The van der Waals surface area contributed by atoms with E-state index >= 15 is 0 Å².